The summed E-state index contributed by atoms with van der Waals surface area (Å²) in [6.07, 6.45) is -5.87. The number of hydrogen-bond donors (Lipinski definition) is 1. The maximum absolute atomic E-state index is 13.5. The summed E-state index contributed by atoms with van der Waals surface area (Å²) in [5.41, 5.74) is -0.645. The third kappa shape index (κ3) is 7.23. The van der Waals surface area contributed by atoms with Gasteiger partial charge in [-0.15, -0.1) is 0 Å². The van der Waals surface area contributed by atoms with Gasteiger partial charge < -0.3 is 14.2 Å². The van der Waals surface area contributed by atoms with Gasteiger partial charge in [-0.05, 0) is 23.8 Å². The Morgan fingerprint density at radius 3 is 2.32 bits per heavy atom. The van der Waals surface area contributed by atoms with E-state index in [9.17, 15) is 26.4 Å². The second-order valence-electron chi connectivity index (χ2n) is 6.55. The number of esters is 1. The van der Waals surface area contributed by atoms with E-state index in [0.29, 0.717) is 6.07 Å². The predicted molar refractivity (Wildman–Crippen MR) is 104 cm³/mol. The van der Waals surface area contributed by atoms with Gasteiger partial charge in [-0.25, -0.2) is 4.79 Å². The lowest BCUT2D eigenvalue weighted by atomic mass is 10.0. The highest BCUT2D eigenvalue weighted by Crippen LogP contribution is 2.38. The van der Waals surface area contributed by atoms with Crippen molar-refractivity contribution < 1.29 is 45.1 Å². The van der Waals surface area contributed by atoms with Crippen LogP contribution in [0.1, 0.15) is 34.3 Å². The van der Waals surface area contributed by atoms with Crippen molar-refractivity contribution in [3.63, 3.8) is 0 Å². The van der Waals surface area contributed by atoms with E-state index in [1.54, 1.807) is 37.3 Å². The Morgan fingerprint density at radius 1 is 1.13 bits per heavy atom. The van der Waals surface area contributed by atoms with E-state index in [2.05, 4.69) is 4.74 Å². The number of alkyl halides is 3. The normalized spacial score (nSPS) is 14.0. The zero-order valence-electron chi connectivity index (χ0n) is 16.6. The van der Waals surface area contributed by atoms with Crippen LogP contribution < -0.4 is 4.74 Å². The lowest BCUT2D eigenvalue weighted by molar-refractivity contribution is -0.142. The minimum absolute atomic E-state index is 0.291. The molecule has 7 nitrogen and oxygen atoms in total. The van der Waals surface area contributed by atoms with Crippen molar-refractivity contribution in [2.75, 3.05) is 19.5 Å². The average Bonchev–Trinajstić information content (AvgIpc) is 2.70. The molecule has 0 bridgehead atoms. The summed E-state index contributed by atoms with van der Waals surface area (Å²) in [7, 11) is -3.08. The molecule has 170 valence electrons. The number of carbonyl (C=O) groups excluding carboxylic acids is 1. The first-order valence-electron chi connectivity index (χ1n) is 9.00. The van der Waals surface area contributed by atoms with Crippen LogP contribution in [-0.4, -0.2) is 44.7 Å². The molecular weight excluding hydrogens is 441 g/mol. The first kappa shape index (κ1) is 24.6. The Morgan fingerprint density at radius 2 is 1.77 bits per heavy atom. The summed E-state index contributed by atoms with van der Waals surface area (Å²) in [6, 6.07) is 11.3. The summed E-state index contributed by atoms with van der Waals surface area (Å²) in [6.45, 7) is 1.05. The van der Waals surface area contributed by atoms with Gasteiger partial charge in [0.2, 0.25) is 6.29 Å². The first-order chi connectivity index (χ1) is 14.4. The van der Waals surface area contributed by atoms with Gasteiger partial charge in [0.15, 0.2) is 0 Å². The lowest BCUT2D eigenvalue weighted by Gasteiger charge is -2.26. The first-order valence-corrected chi connectivity index (χ1v) is 10.6. The Hall–Kier alpha value is -2.63. The van der Waals surface area contributed by atoms with Crippen LogP contribution in [0.5, 0.6) is 5.75 Å². The van der Waals surface area contributed by atoms with Crippen molar-refractivity contribution in [2.24, 2.45) is 0 Å². The number of methoxy groups -OCH3 is 1. The highest BCUT2D eigenvalue weighted by Gasteiger charge is 2.36. The van der Waals surface area contributed by atoms with E-state index >= 15 is 0 Å². The maximum Gasteiger partial charge on any atom is 0.419 e. The monoisotopic (exact) mass is 462 g/mol. The predicted octanol–water partition coefficient (Wildman–Crippen LogP) is 3.91. The van der Waals surface area contributed by atoms with Crippen molar-refractivity contribution >= 4 is 16.1 Å². The topological polar surface area (TPSA) is 99.1 Å². The molecule has 31 heavy (non-hydrogen) atoms. The maximum atomic E-state index is 13.5. The van der Waals surface area contributed by atoms with Crippen LogP contribution in [-0.2, 0) is 25.8 Å². The fourth-order valence-electron chi connectivity index (χ4n) is 2.70. The molecule has 0 aliphatic rings. The van der Waals surface area contributed by atoms with Crippen LogP contribution in [0.3, 0.4) is 0 Å². The molecule has 11 heteroatoms. The van der Waals surface area contributed by atoms with E-state index in [1.165, 1.54) is 7.11 Å². The molecule has 0 saturated heterocycles. The molecule has 2 atom stereocenters. The number of halogens is 3. The van der Waals surface area contributed by atoms with Crippen LogP contribution in [0.15, 0.2) is 48.5 Å². The third-order valence-electron chi connectivity index (χ3n) is 4.31. The average molecular weight is 462 g/mol. The van der Waals surface area contributed by atoms with Crippen LogP contribution in [0.4, 0.5) is 13.2 Å². The SMILES string of the molecule is COC(Oc1cc(C(=O)OCCS(=O)(=O)O)ccc1C(F)(F)F)C(C)c1ccccc1. The quantitative estimate of drug-likeness (QED) is 0.343. The number of hydrogen-bond acceptors (Lipinski definition) is 6. The molecule has 0 heterocycles. The van der Waals surface area contributed by atoms with E-state index in [1.807, 2.05) is 0 Å². The standard InChI is InChI=1S/C20H21F3O7S/c1-13(14-6-4-3-5-7-14)19(28-2)30-17-12-15(8-9-16(17)20(21,22)23)18(24)29-10-11-31(25,26)27/h3-9,12-13,19H,10-11H2,1-2H3,(H,25,26,27). The van der Waals surface area contributed by atoms with Gasteiger partial charge in [0.25, 0.3) is 10.1 Å². The molecule has 1 N–H and O–H groups in total. The lowest BCUT2D eigenvalue weighted by Crippen LogP contribution is -2.27. The fourth-order valence-corrected chi connectivity index (χ4v) is 2.99. The zero-order valence-corrected chi connectivity index (χ0v) is 17.4. The summed E-state index contributed by atoms with van der Waals surface area (Å²) < 4.78 is 85.9. The Kier molecular flexibility index (Phi) is 8.04. The van der Waals surface area contributed by atoms with Crippen molar-refractivity contribution in [3.8, 4) is 5.75 Å². The highest BCUT2D eigenvalue weighted by atomic mass is 32.2. The molecular formula is C20H21F3O7S. The fraction of sp³-hybridized carbons (Fsp3) is 0.350. The van der Waals surface area contributed by atoms with E-state index in [-0.39, 0.29) is 5.56 Å². The Labute approximate surface area is 177 Å². The van der Waals surface area contributed by atoms with Gasteiger partial charge in [-0.1, -0.05) is 37.3 Å². The summed E-state index contributed by atoms with van der Waals surface area (Å²) in [4.78, 5) is 12.1. The van der Waals surface area contributed by atoms with Crippen molar-refractivity contribution in [1.29, 1.82) is 0 Å². The minimum atomic E-state index is -4.77. The van der Waals surface area contributed by atoms with Crippen molar-refractivity contribution in [3.05, 3.63) is 65.2 Å². The molecule has 0 amide bonds. The second-order valence-corrected chi connectivity index (χ2v) is 8.12. The molecule has 2 aromatic rings. The molecule has 0 aromatic heterocycles. The number of carbonyl (C=O) groups is 1. The van der Waals surface area contributed by atoms with E-state index < -0.39 is 58.1 Å². The zero-order chi connectivity index (χ0) is 23.2. The molecule has 0 fully saturated rings. The molecule has 0 aliphatic carbocycles. The molecule has 0 saturated carbocycles. The van der Waals surface area contributed by atoms with Gasteiger partial charge in [-0.3, -0.25) is 4.55 Å². The van der Waals surface area contributed by atoms with E-state index in [0.717, 1.165) is 17.7 Å². The van der Waals surface area contributed by atoms with Crippen molar-refractivity contribution in [2.45, 2.75) is 25.3 Å². The van der Waals surface area contributed by atoms with Gasteiger partial charge in [-0.2, -0.15) is 21.6 Å². The molecule has 2 rings (SSSR count). The third-order valence-corrected chi connectivity index (χ3v) is 4.99. The molecule has 2 unspecified atom stereocenters. The Balaban J connectivity index is 2.30. The second kappa shape index (κ2) is 10.1. The van der Waals surface area contributed by atoms with Gasteiger partial charge in [0.1, 0.15) is 18.1 Å². The van der Waals surface area contributed by atoms with Gasteiger partial charge >= 0.3 is 12.1 Å². The van der Waals surface area contributed by atoms with Crippen molar-refractivity contribution in [1.82, 2.24) is 0 Å². The van der Waals surface area contributed by atoms with Crippen LogP contribution in [0.2, 0.25) is 0 Å². The van der Waals surface area contributed by atoms with E-state index in [4.69, 9.17) is 14.0 Å². The summed E-state index contributed by atoms with van der Waals surface area (Å²) in [5, 5.41) is 0. The summed E-state index contributed by atoms with van der Waals surface area (Å²) in [5.74, 6) is -3.01. The number of ether oxygens (including phenoxy) is 3. The molecule has 0 spiro atoms. The van der Waals surface area contributed by atoms with Gasteiger partial charge in [0.05, 0.1) is 11.1 Å². The Bertz CT molecular complexity index is 992. The highest BCUT2D eigenvalue weighted by molar-refractivity contribution is 7.85. The number of benzene rings is 2. The van der Waals surface area contributed by atoms with Crippen LogP contribution in [0, 0.1) is 0 Å². The molecule has 0 radical (unpaired) electrons. The minimum Gasteiger partial charge on any atom is -0.464 e. The largest absolute Gasteiger partial charge is 0.464 e. The van der Waals surface area contributed by atoms with Gasteiger partial charge in [0, 0.05) is 13.0 Å². The molecule has 2 aromatic carbocycles. The smallest absolute Gasteiger partial charge is 0.419 e. The number of rotatable bonds is 9. The van der Waals surface area contributed by atoms with Crippen LogP contribution in [0.25, 0.3) is 0 Å². The van der Waals surface area contributed by atoms with Crippen LogP contribution >= 0.6 is 0 Å². The molecule has 0 aliphatic heterocycles. The summed E-state index contributed by atoms with van der Waals surface area (Å²) >= 11 is 0.